The Morgan fingerprint density at radius 2 is 0.778 bits per heavy atom. The predicted octanol–water partition coefficient (Wildman–Crippen LogP) is 13.3. The second-order valence-electron chi connectivity index (χ2n) is 12.5. The summed E-state index contributed by atoms with van der Waals surface area (Å²) in [5.41, 5.74) is 0. The fraction of sp³-hybridized carbons (Fsp3) is 1.00. The summed E-state index contributed by atoms with van der Waals surface area (Å²) in [6.07, 6.45) is 26.0. The molecule has 0 radical (unpaired) electrons. The zero-order chi connectivity index (χ0) is 26.9. The van der Waals surface area contributed by atoms with E-state index in [1.54, 1.807) is 8.87 Å². The van der Waals surface area contributed by atoms with Crippen LogP contribution < -0.4 is 0 Å². The molecule has 1 aliphatic heterocycles. The Bertz CT molecular complexity index is 432. The summed E-state index contributed by atoms with van der Waals surface area (Å²) in [6, 6.07) is 0. The van der Waals surface area contributed by atoms with Crippen LogP contribution in [0.1, 0.15) is 171 Å². The van der Waals surface area contributed by atoms with E-state index < -0.39 is 15.6 Å². The van der Waals surface area contributed by atoms with Gasteiger partial charge in [0.15, 0.2) is 0 Å². The van der Waals surface area contributed by atoms with Gasteiger partial charge in [0.25, 0.3) is 0 Å². The third kappa shape index (κ3) is 12.8. The summed E-state index contributed by atoms with van der Waals surface area (Å²) in [4.78, 5) is 0. The van der Waals surface area contributed by atoms with Crippen LogP contribution in [0.2, 0.25) is 8.87 Å². The van der Waals surface area contributed by atoms with Gasteiger partial charge < -0.3 is 0 Å². The van der Waals surface area contributed by atoms with Crippen LogP contribution in [0, 0.1) is 23.7 Å². The van der Waals surface area contributed by atoms with Gasteiger partial charge in [-0.2, -0.15) is 0 Å². The van der Waals surface area contributed by atoms with Crippen LogP contribution in [0.4, 0.5) is 0 Å². The fourth-order valence-electron chi connectivity index (χ4n) is 6.72. The monoisotopic (exact) mass is 648 g/mol. The van der Waals surface area contributed by atoms with E-state index in [-0.39, 0.29) is 0 Å². The number of hydrogen-bond acceptors (Lipinski definition) is 2. The molecular weight excluding hydrogens is 579 g/mol. The van der Waals surface area contributed by atoms with Gasteiger partial charge in [-0.15, -0.1) is 0 Å². The second-order valence-corrected chi connectivity index (χ2v) is 38.0. The molecule has 0 bridgehead atoms. The Morgan fingerprint density at radius 3 is 1.06 bits per heavy atom. The van der Waals surface area contributed by atoms with Crippen LogP contribution >= 0.6 is 17.9 Å². The maximum atomic E-state index is 2.75. The van der Waals surface area contributed by atoms with Crippen molar-refractivity contribution in [2.45, 2.75) is 184 Å². The summed E-state index contributed by atoms with van der Waals surface area (Å²) < 4.78 is 3.95. The van der Waals surface area contributed by atoms with Gasteiger partial charge >= 0.3 is 241 Å². The van der Waals surface area contributed by atoms with E-state index in [0.29, 0.717) is 4.08 Å². The average Bonchev–Trinajstić information content (AvgIpc) is 2.87. The van der Waals surface area contributed by atoms with E-state index in [9.17, 15) is 0 Å². The van der Waals surface area contributed by atoms with Crippen LogP contribution in [-0.4, -0.2) is 19.7 Å². The van der Waals surface area contributed by atoms with Crippen LogP contribution in [0.3, 0.4) is 0 Å². The number of unbranched alkanes of at least 4 members (excludes halogenated alkanes) is 4. The molecule has 4 unspecified atom stereocenters. The van der Waals surface area contributed by atoms with Gasteiger partial charge in [-0.05, 0) is 0 Å². The topological polar surface area (TPSA) is 0 Å². The van der Waals surface area contributed by atoms with Gasteiger partial charge in [-0.25, -0.2) is 0 Å². The third-order valence-corrected chi connectivity index (χ3v) is 42.2. The van der Waals surface area contributed by atoms with Crippen molar-refractivity contribution < 1.29 is 0 Å². The molecule has 0 aromatic rings. The van der Waals surface area contributed by atoms with Crippen molar-refractivity contribution in [3.8, 4) is 0 Å². The first-order chi connectivity index (χ1) is 17.4. The Hall–Kier alpha value is 1.50. The zero-order valence-electron chi connectivity index (χ0n) is 26.3. The molecule has 0 N–H and O–H groups in total. The standard InChI is InChI=1S/C17H36S2.2C8H17.Sn/c1-5-9-11-15(7-3)13-17(18,19)14-16(8-4)12-10-6-2;2*1-4-6-7-8(3)5-2;/h15-16,18-19H,5-14H2,1-4H3;2*8H,3-7H2,1-2H3;/q;;;+2/p-2. The summed E-state index contributed by atoms with van der Waals surface area (Å²) in [5.74, 6) is 3.96. The van der Waals surface area contributed by atoms with Gasteiger partial charge in [-0.1, -0.05) is 0 Å². The molecule has 36 heavy (non-hydrogen) atoms. The minimum absolute atomic E-state index is 0.588. The number of hydrogen-bond donors (Lipinski definition) is 0. The van der Waals surface area contributed by atoms with E-state index in [1.807, 2.05) is 0 Å². The molecule has 4 atom stereocenters. The van der Waals surface area contributed by atoms with Crippen LogP contribution in [0.15, 0.2) is 0 Å². The molecule has 0 nitrogen and oxygen atoms in total. The normalized spacial score (nSPS) is 25.3. The van der Waals surface area contributed by atoms with Crippen LogP contribution in [0.5, 0.6) is 0 Å². The molecule has 1 fully saturated rings. The maximum absolute atomic E-state index is 2.75. The van der Waals surface area contributed by atoms with Crippen molar-refractivity contribution >= 4 is 33.5 Å². The molecule has 0 aromatic heterocycles. The quantitative estimate of drug-likeness (QED) is 0.0957. The van der Waals surface area contributed by atoms with Gasteiger partial charge in [0, 0.05) is 0 Å². The van der Waals surface area contributed by atoms with Crippen LogP contribution in [0.25, 0.3) is 0 Å². The van der Waals surface area contributed by atoms with Crippen molar-refractivity contribution in [3.05, 3.63) is 0 Å². The Balaban J connectivity index is 3.18. The molecule has 0 saturated carbocycles. The van der Waals surface area contributed by atoms with E-state index in [4.69, 9.17) is 0 Å². The Morgan fingerprint density at radius 1 is 0.472 bits per heavy atom. The van der Waals surface area contributed by atoms with E-state index >= 15 is 0 Å². The molecule has 0 aromatic carbocycles. The molecular formula is C33H68S2Sn. The van der Waals surface area contributed by atoms with Gasteiger partial charge in [0.1, 0.15) is 0 Å². The molecule has 3 heteroatoms. The molecule has 1 aliphatic rings. The van der Waals surface area contributed by atoms with Gasteiger partial charge in [0.2, 0.25) is 0 Å². The summed E-state index contributed by atoms with van der Waals surface area (Å²) in [5, 5.41) is 0. The van der Waals surface area contributed by atoms with Crippen molar-refractivity contribution in [1.82, 2.24) is 0 Å². The summed E-state index contributed by atoms with van der Waals surface area (Å²) in [7, 11) is 5.50. The predicted molar refractivity (Wildman–Crippen MR) is 176 cm³/mol. The molecule has 216 valence electrons. The molecule has 0 spiro atoms. The van der Waals surface area contributed by atoms with Crippen molar-refractivity contribution in [2.24, 2.45) is 23.7 Å². The van der Waals surface area contributed by atoms with Crippen molar-refractivity contribution in [1.29, 1.82) is 0 Å². The molecule has 1 heterocycles. The fourth-order valence-corrected chi connectivity index (χ4v) is 52.9. The zero-order valence-corrected chi connectivity index (χ0v) is 30.8. The second kappa shape index (κ2) is 20.4. The molecule has 1 rings (SSSR count). The first-order valence-electron chi connectivity index (χ1n) is 16.8. The number of rotatable bonds is 24. The minimum atomic E-state index is -2.27. The average molecular weight is 648 g/mol. The first kappa shape index (κ1) is 35.5. The molecule has 0 amide bonds. The Labute approximate surface area is 239 Å². The summed E-state index contributed by atoms with van der Waals surface area (Å²) in [6.45, 7) is 19.5. The Kier molecular flexibility index (Phi) is 20.1. The van der Waals surface area contributed by atoms with Gasteiger partial charge in [-0.3, -0.25) is 0 Å². The SMILES string of the molecule is CCCCC(CC)CC1(CC(CC)CCCC)[S][Sn]([CH2]C(CC)CCCC)([CH2]C(CC)CCCC)[S]1. The molecule has 0 aliphatic carbocycles. The third-order valence-electron chi connectivity index (χ3n) is 9.32. The molecule has 1 saturated heterocycles. The summed E-state index contributed by atoms with van der Waals surface area (Å²) >= 11 is -2.27. The van der Waals surface area contributed by atoms with E-state index in [1.165, 1.54) is 116 Å². The van der Waals surface area contributed by atoms with Crippen molar-refractivity contribution in [3.63, 3.8) is 0 Å². The first-order valence-corrected chi connectivity index (χ1v) is 29.4. The van der Waals surface area contributed by atoms with Crippen LogP contribution in [-0.2, 0) is 0 Å². The van der Waals surface area contributed by atoms with Crippen molar-refractivity contribution in [2.75, 3.05) is 0 Å². The van der Waals surface area contributed by atoms with E-state index in [2.05, 4.69) is 73.3 Å². The van der Waals surface area contributed by atoms with Gasteiger partial charge in [0.05, 0.1) is 0 Å². The van der Waals surface area contributed by atoms with E-state index in [0.717, 1.165) is 23.7 Å².